The van der Waals surface area contributed by atoms with Crippen LogP contribution in [0, 0.1) is 12.3 Å². The second kappa shape index (κ2) is 3.70. The minimum Gasteiger partial charge on any atom is -0.392 e. The van der Waals surface area contributed by atoms with E-state index in [1.165, 1.54) is 0 Å². The molecular weight excluding hydrogens is 88.1 g/mol. The lowest BCUT2D eigenvalue weighted by Crippen LogP contribution is -2.00. The zero-order valence-electron chi connectivity index (χ0n) is 4.52. The van der Waals surface area contributed by atoms with Crippen molar-refractivity contribution in [3.8, 4) is 12.3 Å². The molecule has 0 radical (unpaired) electrons. The van der Waals surface area contributed by atoms with E-state index in [1.807, 2.05) is 6.92 Å². The monoisotopic (exact) mass is 98.1 g/mol. The van der Waals surface area contributed by atoms with Crippen LogP contribution in [-0.2, 0) is 0 Å². The van der Waals surface area contributed by atoms with E-state index in [4.69, 9.17) is 11.5 Å². The van der Waals surface area contributed by atoms with E-state index in [-0.39, 0.29) is 6.10 Å². The Morgan fingerprint density at radius 1 is 1.86 bits per heavy atom. The van der Waals surface area contributed by atoms with Crippen molar-refractivity contribution in [2.75, 3.05) is 0 Å². The maximum atomic E-state index is 8.72. The van der Waals surface area contributed by atoms with Crippen molar-refractivity contribution in [3.63, 3.8) is 0 Å². The normalized spacial score (nSPS) is 12.7. The van der Waals surface area contributed by atoms with Gasteiger partial charge in [-0.05, 0) is 6.42 Å². The van der Waals surface area contributed by atoms with Gasteiger partial charge >= 0.3 is 0 Å². The Morgan fingerprint density at radius 3 is 2.57 bits per heavy atom. The third-order valence-corrected chi connectivity index (χ3v) is 0.825. The Bertz CT molecular complexity index is 70.7. The number of hydrogen-bond acceptors (Lipinski definition) is 1. The van der Waals surface area contributed by atoms with Gasteiger partial charge in [0.2, 0.25) is 0 Å². The largest absolute Gasteiger partial charge is 0.392 e. The van der Waals surface area contributed by atoms with Gasteiger partial charge < -0.3 is 5.11 Å². The van der Waals surface area contributed by atoms with Crippen molar-refractivity contribution in [3.05, 3.63) is 0 Å². The molecule has 0 saturated heterocycles. The maximum absolute atomic E-state index is 8.72. The molecule has 0 spiro atoms. The maximum Gasteiger partial charge on any atom is 0.0646 e. The van der Waals surface area contributed by atoms with Crippen molar-refractivity contribution in [1.82, 2.24) is 0 Å². The molecule has 0 rings (SSSR count). The van der Waals surface area contributed by atoms with Crippen molar-refractivity contribution in [1.29, 1.82) is 0 Å². The third-order valence-electron chi connectivity index (χ3n) is 0.825. The van der Waals surface area contributed by atoms with Crippen LogP contribution < -0.4 is 0 Å². The van der Waals surface area contributed by atoms with E-state index in [2.05, 4.69) is 5.92 Å². The first-order valence-electron chi connectivity index (χ1n) is 2.42. The molecule has 0 bridgehead atoms. The van der Waals surface area contributed by atoms with Gasteiger partial charge in [-0.2, -0.15) is 0 Å². The summed E-state index contributed by atoms with van der Waals surface area (Å²) >= 11 is 0. The van der Waals surface area contributed by atoms with Crippen LogP contribution in [0.3, 0.4) is 0 Å². The van der Waals surface area contributed by atoms with Gasteiger partial charge in [-0.1, -0.05) is 6.92 Å². The Morgan fingerprint density at radius 2 is 2.43 bits per heavy atom. The first kappa shape index (κ1) is 6.52. The molecule has 0 unspecified atom stereocenters. The van der Waals surface area contributed by atoms with Crippen LogP contribution in [-0.4, -0.2) is 11.2 Å². The van der Waals surface area contributed by atoms with Crippen LogP contribution in [0.4, 0.5) is 0 Å². The summed E-state index contributed by atoms with van der Waals surface area (Å²) in [5.41, 5.74) is 0. The van der Waals surface area contributed by atoms with Crippen molar-refractivity contribution in [2.24, 2.45) is 0 Å². The molecule has 40 valence electrons. The predicted octanol–water partition coefficient (Wildman–Crippen LogP) is 0.781. The van der Waals surface area contributed by atoms with Crippen LogP contribution in [0.1, 0.15) is 19.8 Å². The highest BCUT2D eigenvalue weighted by Crippen LogP contribution is 1.92. The molecule has 0 aliphatic rings. The zero-order valence-corrected chi connectivity index (χ0v) is 4.52. The van der Waals surface area contributed by atoms with E-state index < -0.39 is 0 Å². The molecule has 0 aromatic carbocycles. The topological polar surface area (TPSA) is 20.2 Å². The number of aliphatic hydroxyl groups is 1. The van der Waals surface area contributed by atoms with Gasteiger partial charge in [0.05, 0.1) is 6.10 Å². The Kier molecular flexibility index (Phi) is 3.45. The molecule has 1 heteroatoms. The molecule has 0 fully saturated rings. The van der Waals surface area contributed by atoms with Crippen LogP contribution in [0.5, 0.6) is 0 Å². The number of terminal acetylenes is 1. The summed E-state index contributed by atoms with van der Waals surface area (Å²) < 4.78 is 0. The van der Waals surface area contributed by atoms with E-state index in [0.717, 1.165) is 6.42 Å². The molecule has 0 aliphatic heterocycles. The lowest BCUT2D eigenvalue weighted by molar-refractivity contribution is 0.176. The molecule has 1 atom stereocenters. The first-order valence-corrected chi connectivity index (χ1v) is 2.42. The fourth-order valence-electron chi connectivity index (χ4n) is 0.280. The summed E-state index contributed by atoms with van der Waals surface area (Å²) in [6.45, 7) is 1.90. The Hall–Kier alpha value is -0.480. The van der Waals surface area contributed by atoms with Gasteiger partial charge in [-0.3, -0.25) is 0 Å². The summed E-state index contributed by atoms with van der Waals surface area (Å²) in [4.78, 5) is 0. The summed E-state index contributed by atoms with van der Waals surface area (Å²) in [6, 6.07) is 0. The van der Waals surface area contributed by atoms with Crippen molar-refractivity contribution in [2.45, 2.75) is 25.9 Å². The van der Waals surface area contributed by atoms with Crippen LogP contribution >= 0.6 is 0 Å². The van der Waals surface area contributed by atoms with E-state index in [0.29, 0.717) is 6.42 Å². The van der Waals surface area contributed by atoms with Crippen LogP contribution in [0.2, 0.25) is 0 Å². The second-order valence-electron chi connectivity index (χ2n) is 1.47. The summed E-state index contributed by atoms with van der Waals surface area (Å²) in [6.07, 6.45) is 5.84. The van der Waals surface area contributed by atoms with Crippen molar-refractivity contribution >= 4 is 0 Å². The highest BCUT2D eigenvalue weighted by molar-refractivity contribution is 4.86. The fourth-order valence-corrected chi connectivity index (χ4v) is 0.280. The van der Waals surface area contributed by atoms with Crippen LogP contribution in [0.25, 0.3) is 0 Å². The molecule has 1 N–H and O–H groups in total. The van der Waals surface area contributed by atoms with Crippen molar-refractivity contribution < 1.29 is 5.11 Å². The molecule has 7 heavy (non-hydrogen) atoms. The van der Waals surface area contributed by atoms with Gasteiger partial charge in [0.25, 0.3) is 0 Å². The average molecular weight is 98.1 g/mol. The summed E-state index contributed by atoms with van der Waals surface area (Å²) in [5, 5.41) is 8.72. The highest BCUT2D eigenvalue weighted by Gasteiger charge is 1.93. The highest BCUT2D eigenvalue weighted by atomic mass is 16.3. The minimum absolute atomic E-state index is 0.287. The lowest BCUT2D eigenvalue weighted by atomic mass is 10.2. The summed E-state index contributed by atoms with van der Waals surface area (Å²) in [7, 11) is 0. The molecule has 1 nitrogen and oxygen atoms in total. The predicted molar refractivity (Wildman–Crippen MR) is 29.7 cm³/mol. The number of rotatable bonds is 2. The first-order chi connectivity index (χ1) is 3.31. The second-order valence-corrected chi connectivity index (χ2v) is 1.47. The van der Waals surface area contributed by atoms with Gasteiger partial charge in [0.1, 0.15) is 0 Å². The average Bonchev–Trinajstić information content (AvgIpc) is 1.68. The van der Waals surface area contributed by atoms with Gasteiger partial charge in [-0.25, -0.2) is 0 Å². The standard InChI is InChI=1S/C6H10O/c1-3-5-6(7)4-2/h1,6-7H,4-5H2,2H3/t6-/m0/s1. The molecule has 0 heterocycles. The quantitative estimate of drug-likeness (QED) is 0.506. The molecule has 0 aromatic heterocycles. The molecule has 0 saturated carbocycles. The zero-order chi connectivity index (χ0) is 5.70. The Labute approximate surface area is 44.4 Å². The van der Waals surface area contributed by atoms with Gasteiger partial charge in [0, 0.05) is 6.42 Å². The molecule has 0 amide bonds. The van der Waals surface area contributed by atoms with E-state index >= 15 is 0 Å². The molecule has 0 aliphatic carbocycles. The SMILES string of the molecule is C#CC[C@@H](O)CC. The fraction of sp³-hybridized carbons (Fsp3) is 0.667. The van der Waals surface area contributed by atoms with E-state index in [9.17, 15) is 0 Å². The minimum atomic E-state index is -0.287. The lowest BCUT2D eigenvalue weighted by Gasteiger charge is -1.97. The molecular formula is C6H10O. The van der Waals surface area contributed by atoms with E-state index in [1.54, 1.807) is 0 Å². The van der Waals surface area contributed by atoms with Gasteiger partial charge in [-0.15, -0.1) is 12.3 Å². The number of aliphatic hydroxyl groups excluding tert-OH is 1. The van der Waals surface area contributed by atoms with Gasteiger partial charge in [0.15, 0.2) is 0 Å². The Balaban J connectivity index is 3.03. The summed E-state index contributed by atoms with van der Waals surface area (Å²) in [5.74, 6) is 2.37. The molecule has 0 aromatic rings. The smallest absolute Gasteiger partial charge is 0.0646 e. The third kappa shape index (κ3) is 3.35. The number of hydrogen-bond donors (Lipinski definition) is 1. The van der Waals surface area contributed by atoms with Crippen LogP contribution in [0.15, 0.2) is 0 Å².